The highest BCUT2D eigenvalue weighted by Crippen LogP contribution is 2.28. The van der Waals surface area contributed by atoms with E-state index in [4.69, 9.17) is 14.2 Å². The van der Waals surface area contributed by atoms with E-state index in [1.54, 1.807) is 6.92 Å². The minimum absolute atomic E-state index is 0.321. The smallest absolute Gasteiger partial charge is 0.115 e. The fourth-order valence-electron chi connectivity index (χ4n) is 3.32. The van der Waals surface area contributed by atoms with Crippen LogP contribution in [0.5, 0.6) is 0 Å². The van der Waals surface area contributed by atoms with Crippen molar-refractivity contribution in [3.05, 3.63) is 71.8 Å². The largest absolute Gasteiger partial charge is 0.393 e. The van der Waals surface area contributed by atoms with Crippen molar-refractivity contribution < 1.29 is 24.4 Å². The molecule has 5 nitrogen and oxygen atoms in total. The molecule has 2 aromatic carbocycles. The molecule has 0 aliphatic carbocycles. The summed E-state index contributed by atoms with van der Waals surface area (Å²) in [7, 11) is 0. The summed E-state index contributed by atoms with van der Waals surface area (Å²) in [6, 6.07) is 19.7. The summed E-state index contributed by atoms with van der Waals surface area (Å²) in [5, 5.41) is 20.3. The van der Waals surface area contributed by atoms with Gasteiger partial charge in [0, 0.05) is 6.42 Å². The summed E-state index contributed by atoms with van der Waals surface area (Å²) in [6.07, 6.45) is -2.32. The Labute approximate surface area is 160 Å². The summed E-state index contributed by atoms with van der Waals surface area (Å²) in [6.45, 7) is 2.88. The van der Waals surface area contributed by atoms with Gasteiger partial charge in [-0.15, -0.1) is 0 Å². The molecule has 3 rings (SSSR count). The van der Waals surface area contributed by atoms with E-state index in [-0.39, 0.29) is 6.10 Å². The van der Waals surface area contributed by atoms with E-state index in [0.29, 0.717) is 26.2 Å². The van der Waals surface area contributed by atoms with Crippen LogP contribution in [-0.4, -0.2) is 47.3 Å². The molecule has 2 aromatic rings. The lowest BCUT2D eigenvalue weighted by Gasteiger charge is -2.21. The molecule has 1 aliphatic rings. The van der Waals surface area contributed by atoms with Crippen LogP contribution >= 0.6 is 0 Å². The predicted octanol–water partition coefficient (Wildman–Crippen LogP) is 2.69. The van der Waals surface area contributed by atoms with Gasteiger partial charge in [0.15, 0.2) is 0 Å². The van der Waals surface area contributed by atoms with Crippen LogP contribution in [0.2, 0.25) is 0 Å². The Morgan fingerprint density at radius 3 is 2.11 bits per heavy atom. The Balaban J connectivity index is 1.58. The van der Waals surface area contributed by atoms with Crippen molar-refractivity contribution in [2.24, 2.45) is 0 Å². The summed E-state index contributed by atoms with van der Waals surface area (Å²) in [4.78, 5) is 0. The molecule has 0 bridgehead atoms. The van der Waals surface area contributed by atoms with Crippen molar-refractivity contribution in [1.29, 1.82) is 0 Å². The first kappa shape index (κ1) is 20.0. The molecule has 0 unspecified atom stereocenters. The van der Waals surface area contributed by atoms with E-state index in [1.807, 2.05) is 60.7 Å². The topological polar surface area (TPSA) is 68.2 Å². The summed E-state index contributed by atoms with van der Waals surface area (Å²) in [5.41, 5.74) is 2.12. The standard InChI is InChI=1S/C22H28O5/c1-16(23)12-19-21(24)22(26-14-18-10-6-3-7-11-18)20(27-19)15-25-13-17-8-4-2-5-9-17/h2-11,16,19-24H,12-15H2,1H3/t16-,19+,20-,21-,22+/m0/s1. The third-order valence-electron chi connectivity index (χ3n) is 4.69. The fraction of sp³-hybridized carbons (Fsp3) is 0.455. The predicted molar refractivity (Wildman–Crippen MR) is 102 cm³/mol. The van der Waals surface area contributed by atoms with Crippen LogP contribution in [0.1, 0.15) is 24.5 Å². The van der Waals surface area contributed by atoms with Gasteiger partial charge >= 0.3 is 0 Å². The second kappa shape index (κ2) is 9.97. The first-order valence-corrected chi connectivity index (χ1v) is 9.42. The average Bonchev–Trinajstić information content (AvgIpc) is 2.96. The van der Waals surface area contributed by atoms with Gasteiger partial charge in [0.1, 0.15) is 18.3 Å². The van der Waals surface area contributed by atoms with Gasteiger partial charge in [0.25, 0.3) is 0 Å². The molecule has 1 aliphatic heterocycles. The minimum atomic E-state index is -0.798. The van der Waals surface area contributed by atoms with Crippen LogP contribution in [0, 0.1) is 0 Å². The molecule has 2 N–H and O–H groups in total. The lowest BCUT2D eigenvalue weighted by molar-refractivity contribution is -0.0783. The maximum atomic E-state index is 10.6. The van der Waals surface area contributed by atoms with Crippen molar-refractivity contribution in [2.75, 3.05) is 6.61 Å². The van der Waals surface area contributed by atoms with Gasteiger partial charge < -0.3 is 24.4 Å². The first-order chi connectivity index (χ1) is 13.1. The van der Waals surface area contributed by atoms with Crippen LogP contribution in [0.3, 0.4) is 0 Å². The number of aliphatic hydroxyl groups is 2. The normalized spacial score (nSPS) is 26.2. The number of benzene rings is 2. The zero-order valence-electron chi connectivity index (χ0n) is 15.6. The van der Waals surface area contributed by atoms with Crippen LogP contribution in [0.15, 0.2) is 60.7 Å². The van der Waals surface area contributed by atoms with Crippen molar-refractivity contribution in [3.8, 4) is 0 Å². The average molecular weight is 372 g/mol. The van der Waals surface area contributed by atoms with Gasteiger partial charge in [-0.1, -0.05) is 60.7 Å². The fourth-order valence-corrected chi connectivity index (χ4v) is 3.32. The maximum absolute atomic E-state index is 10.6. The highest BCUT2D eigenvalue weighted by atomic mass is 16.6. The molecule has 1 heterocycles. The zero-order valence-corrected chi connectivity index (χ0v) is 15.6. The number of hydrogen-bond acceptors (Lipinski definition) is 5. The lowest BCUT2D eigenvalue weighted by Crippen LogP contribution is -2.37. The quantitative estimate of drug-likeness (QED) is 0.708. The number of aliphatic hydroxyl groups excluding tert-OH is 2. The Kier molecular flexibility index (Phi) is 7.38. The van der Waals surface area contributed by atoms with Gasteiger partial charge in [-0.25, -0.2) is 0 Å². The second-order valence-electron chi connectivity index (χ2n) is 7.05. The Morgan fingerprint density at radius 1 is 0.926 bits per heavy atom. The molecule has 0 aromatic heterocycles. The van der Waals surface area contributed by atoms with E-state index in [1.165, 1.54) is 0 Å². The molecule has 5 heteroatoms. The van der Waals surface area contributed by atoms with Gasteiger partial charge in [0.05, 0.1) is 32.0 Å². The monoisotopic (exact) mass is 372 g/mol. The van der Waals surface area contributed by atoms with Crippen molar-refractivity contribution >= 4 is 0 Å². The van der Waals surface area contributed by atoms with Crippen molar-refractivity contribution in [2.45, 2.75) is 57.1 Å². The SMILES string of the molecule is C[C@H](O)C[C@H]1O[C@@H](COCc2ccccc2)[C@@H](OCc2ccccc2)[C@H]1O. The zero-order chi connectivity index (χ0) is 19.1. The summed E-state index contributed by atoms with van der Waals surface area (Å²) < 4.78 is 17.8. The van der Waals surface area contributed by atoms with E-state index < -0.39 is 24.4 Å². The van der Waals surface area contributed by atoms with Gasteiger partial charge in [0.2, 0.25) is 0 Å². The molecule has 1 saturated heterocycles. The molecule has 0 amide bonds. The Hall–Kier alpha value is -1.76. The Bertz CT molecular complexity index is 661. The van der Waals surface area contributed by atoms with E-state index in [9.17, 15) is 10.2 Å². The second-order valence-corrected chi connectivity index (χ2v) is 7.05. The van der Waals surface area contributed by atoms with E-state index >= 15 is 0 Å². The van der Waals surface area contributed by atoms with Crippen molar-refractivity contribution in [1.82, 2.24) is 0 Å². The molecular formula is C22H28O5. The third kappa shape index (κ3) is 5.86. The molecule has 0 spiro atoms. The number of hydrogen-bond donors (Lipinski definition) is 2. The molecule has 5 atom stereocenters. The third-order valence-corrected chi connectivity index (χ3v) is 4.69. The van der Waals surface area contributed by atoms with Gasteiger partial charge in [-0.05, 0) is 18.1 Å². The van der Waals surface area contributed by atoms with Crippen LogP contribution in [0.25, 0.3) is 0 Å². The van der Waals surface area contributed by atoms with Crippen molar-refractivity contribution in [3.63, 3.8) is 0 Å². The molecule has 0 radical (unpaired) electrons. The molecule has 27 heavy (non-hydrogen) atoms. The van der Waals surface area contributed by atoms with Gasteiger partial charge in [-0.2, -0.15) is 0 Å². The Morgan fingerprint density at radius 2 is 1.52 bits per heavy atom. The number of rotatable bonds is 9. The molecule has 1 fully saturated rings. The van der Waals surface area contributed by atoms with E-state index in [2.05, 4.69) is 0 Å². The highest BCUT2D eigenvalue weighted by molar-refractivity contribution is 5.14. The molecule has 146 valence electrons. The van der Waals surface area contributed by atoms with Crippen LogP contribution < -0.4 is 0 Å². The summed E-state index contributed by atoms with van der Waals surface area (Å²) in [5.74, 6) is 0. The highest BCUT2D eigenvalue weighted by Gasteiger charge is 2.44. The van der Waals surface area contributed by atoms with E-state index in [0.717, 1.165) is 11.1 Å². The van der Waals surface area contributed by atoms with Crippen LogP contribution in [-0.2, 0) is 27.4 Å². The van der Waals surface area contributed by atoms with Crippen LogP contribution in [0.4, 0.5) is 0 Å². The number of ether oxygens (including phenoxy) is 3. The van der Waals surface area contributed by atoms with Gasteiger partial charge in [-0.3, -0.25) is 0 Å². The minimum Gasteiger partial charge on any atom is -0.393 e. The summed E-state index contributed by atoms with van der Waals surface area (Å²) >= 11 is 0. The molecule has 0 saturated carbocycles. The molecular weight excluding hydrogens is 344 g/mol. The first-order valence-electron chi connectivity index (χ1n) is 9.42. The lowest BCUT2D eigenvalue weighted by atomic mass is 10.0. The maximum Gasteiger partial charge on any atom is 0.115 e.